The molecule has 2 unspecified atom stereocenters. The van der Waals surface area contributed by atoms with Crippen LogP contribution in [-0.2, 0) is 30.5 Å². The number of quaternary nitrogens is 1. The van der Waals surface area contributed by atoms with Crippen LogP contribution in [0, 0.1) is 0 Å². The summed E-state index contributed by atoms with van der Waals surface area (Å²) in [5.74, 6) is -2.52. The highest BCUT2D eigenvalue weighted by Gasteiger charge is 2.51. The molecule has 0 spiro atoms. The highest BCUT2D eigenvalue weighted by Crippen LogP contribution is 2.22. The van der Waals surface area contributed by atoms with Crippen molar-refractivity contribution in [1.29, 1.82) is 0 Å². The number of alkyl carbamates (subject to hydrolysis) is 1. The second-order valence-electron chi connectivity index (χ2n) is 11.8. The molecule has 16 nitrogen and oxygen atoms in total. The molecule has 47 heavy (non-hydrogen) atoms. The van der Waals surface area contributed by atoms with Crippen LogP contribution >= 0.6 is 0 Å². The minimum Gasteiger partial charge on any atom is -0.481 e. The van der Waals surface area contributed by atoms with Crippen molar-refractivity contribution in [2.24, 2.45) is 0 Å². The number of anilines is 1. The van der Waals surface area contributed by atoms with Crippen LogP contribution in [0.3, 0.4) is 0 Å². The van der Waals surface area contributed by atoms with Crippen LogP contribution < -0.4 is 21.3 Å². The lowest BCUT2D eigenvalue weighted by Gasteiger charge is -2.27. The first-order chi connectivity index (χ1) is 22.3. The van der Waals surface area contributed by atoms with Crippen molar-refractivity contribution < 1.29 is 47.8 Å². The van der Waals surface area contributed by atoms with Crippen LogP contribution in [0.15, 0.2) is 54.6 Å². The van der Waals surface area contributed by atoms with E-state index in [0.29, 0.717) is 16.6 Å². The molecule has 2 aromatic carbocycles. The van der Waals surface area contributed by atoms with E-state index in [1.54, 1.807) is 75.4 Å². The van der Waals surface area contributed by atoms with Crippen molar-refractivity contribution in [1.82, 2.24) is 25.5 Å². The third-order valence-electron chi connectivity index (χ3n) is 7.03. The average molecular weight is 653 g/mol. The van der Waals surface area contributed by atoms with Gasteiger partial charge in [-0.3, -0.25) is 14.9 Å². The predicted octanol–water partition coefficient (Wildman–Crippen LogP) is 2.53. The van der Waals surface area contributed by atoms with E-state index in [0.717, 1.165) is 0 Å². The fourth-order valence-corrected chi connectivity index (χ4v) is 4.92. The van der Waals surface area contributed by atoms with Crippen LogP contribution in [0.1, 0.15) is 39.2 Å². The Morgan fingerprint density at radius 1 is 1.04 bits per heavy atom. The van der Waals surface area contributed by atoms with Gasteiger partial charge >= 0.3 is 30.1 Å². The van der Waals surface area contributed by atoms with E-state index in [4.69, 9.17) is 9.47 Å². The number of carboxylic acids is 1. The van der Waals surface area contributed by atoms with Gasteiger partial charge in [0.15, 0.2) is 6.54 Å². The molecule has 1 aliphatic rings. The first-order valence-corrected chi connectivity index (χ1v) is 14.9. The number of aliphatic carboxylic acids is 1. The molecular formula is C31H38N7O9+. The van der Waals surface area contributed by atoms with Gasteiger partial charge in [0.05, 0.1) is 24.0 Å². The number of aromatic nitrogens is 2. The first kappa shape index (κ1) is 34.4. The Labute approximate surface area is 270 Å². The summed E-state index contributed by atoms with van der Waals surface area (Å²) in [6.07, 6.45) is -3.49. The SMILES string of the molecule is CC(C)(C)OC(=O)n1c(NCCC[N+]2(CC(=O)NC(CC(=O)O)NC(=O)OCc3ccccc3)C(=O)CNC2=O)nc2ccccc21. The summed E-state index contributed by atoms with van der Waals surface area (Å²) < 4.78 is 11.1. The lowest BCUT2D eigenvalue weighted by atomic mass is 10.2. The topological polar surface area (TPSA) is 207 Å². The van der Waals surface area contributed by atoms with Gasteiger partial charge < -0.3 is 30.5 Å². The molecule has 16 heteroatoms. The number of benzene rings is 2. The Morgan fingerprint density at radius 2 is 1.74 bits per heavy atom. The smallest absolute Gasteiger partial charge is 0.425 e. The molecule has 5 N–H and O–H groups in total. The quantitative estimate of drug-likeness (QED) is 0.0785. The highest BCUT2D eigenvalue weighted by molar-refractivity contribution is 5.95. The summed E-state index contributed by atoms with van der Waals surface area (Å²) in [5, 5.41) is 19.5. The summed E-state index contributed by atoms with van der Waals surface area (Å²) in [4.78, 5) is 80.3. The number of imide groups is 1. The Kier molecular flexibility index (Phi) is 10.8. The molecule has 1 aliphatic heterocycles. The van der Waals surface area contributed by atoms with Gasteiger partial charge in [-0.1, -0.05) is 42.5 Å². The van der Waals surface area contributed by atoms with E-state index in [2.05, 4.69) is 26.3 Å². The molecule has 0 radical (unpaired) electrons. The third-order valence-corrected chi connectivity index (χ3v) is 7.03. The average Bonchev–Trinajstić information content (AvgIpc) is 3.50. The molecule has 250 valence electrons. The Balaban J connectivity index is 1.40. The number of imidazole rings is 1. The Hall–Kier alpha value is -5.51. The number of urea groups is 1. The maximum Gasteiger partial charge on any atom is 0.425 e. The minimum absolute atomic E-state index is 0.0861. The molecule has 0 bridgehead atoms. The van der Waals surface area contributed by atoms with Crippen molar-refractivity contribution in [2.75, 3.05) is 31.5 Å². The summed E-state index contributed by atoms with van der Waals surface area (Å²) in [6, 6.07) is 15.1. The number of hydrogen-bond donors (Lipinski definition) is 5. The molecule has 2 atom stereocenters. The van der Waals surface area contributed by atoms with E-state index in [1.165, 1.54) is 4.57 Å². The maximum atomic E-state index is 13.1. The van der Waals surface area contributed by atoms with Gasteiger partial charge in [-0.05, 0) is 38.5 Å². The number of carbonyl (C=O) groups excluding carboxylic acids is 5. The number of rotatable bonds is 13. The number of amides is 5. The van der Waals surface area contributed by atoms with E-state index in [9.17, 15) is 33.9 Å². The lowest BCUT2D eigenvalue weighted by molar-refractivity contribution is -0.758. The molecule has 4 rings (SSSR count). The molecule has 1 fully saturated rings. The van der Waals surface area contributed by atoms with Gasteiger partial charge in [0.2, 0.25) is 5.95 Å². The van der Waals surface area contributed by atoms with Crippen molar-refractivity contribution in [3.8, 4) is 0 Å². The van der Waals surface area contributed by atoms with Gasteiger partial charge in [0.25, 0.3) is 5.91 Å². The molecule has 2 heterocycles. The number of para-hydroxylation sites is 2. The third kappa shape index (κ3) is 9.03. The number of nitrogens with zero attached hydrogens (tertiary/aromatic N) is 3. The highest BCUT2D eigenvalue weighted by atomic mass is 16.6. The number of ether oxygens (including phenoxy) is 2. The Bertz CT molecular complexity index is 1630. The van der Waals surface area contributed by atoms with E-state index in [-0.39, 0.29) is 38.6 Å². The molecule has 0 aliphatic carbocycles. The number of hydrogen-bond acceptors (Lipinski definition) is 10. The maximum absolute atomic E-state index is 13.1. The lowest BCUT2D eigenvalue weighted by Crippen LogP contribution is -2.60. The zero-order valence-corrected chi connectivity index (χ0v) is 26.3. The predicted molar refractivity (Wildman–Crippen MR) is 167 cm³/mol. The van der Waals surface area contributed by atoms with Gasteiger partial charge in [0.1, 0.15) is 24.9 Å². The monoisotopic (exact) mass is 652 g/mol. The van der Waals surface area contributed by atoms with Crippen LogP contribution in [0.5, 0.6) is 0 Å². The van der Waals surface area contributed by atoms with Gasteiger partial charge in [-0.15, -0.1) is 0 Å². The zero-order valence-electron chi connectivity index (χ0n) is 26.3. The summed E-state index contributed by atoms with van der Waals surface area (Å²) in [7, 11) is 0. The fourth-order valence-electron chi connectivity index (χ4n) is 4.92. The zero-order chi connectivity index (χ0) is 34.2. The van der Waals surface area contributed by atoms with Gasteiger partial charge in [-0.25, -0.2) is 28.7 Å². The van der Waals surface area contributed by atoms with E-state index < -0.39 is 65.2 Å². The van der Waals surface area contributed by atoms with Crippen molar-refractivity contribution in [3.63, 3.8) is 0 Å². The molecule has 0 saturated carbocycles. The van der Waals surface area contributed by atoms with Crippen molar-refractivity contribution in [3.05, 3.63) is 60.2 Å². The van der Waals surface area contributed by atoms with Crippen LogP contribution in [-0.4, -0.2) is 93.1 Å². The van der Waals surface area contributed by atoms with Crippen LogP contribution in [0.4, 0.5) is 20.3 Å². The van der Waals surface area contributed by atoms with E-state index in [1.807, 2.05) is 0 Å². The molecule has 3 aromatic rings. The van der Waals surface area contributed by atoms with Crippen molar-refractivity contribution >= 4 is 53.0 Å². The number of fused-ring (bicyclic) bond motifs is 1. The number of nitrogens with one attached hydrogen (secondary N) is 4. The summed E-state index contributed by atoms with van der Waals surface area (Å²) in [5.41, 5.74) is 1.00. The second-order valence-corrected chi connectivity index (χ2v) is 11.8. The standard InChI is InChI=1S/C31H37N7O9/c1-31(2,3)47-30(45)37-22-13-8-7-12-21(22)34-27(37)32-14-9-15-38(25(40)17-33-28(38)43)18-24(39)35-23(16-26(41)42)36-29(44)46-19-20-10-5-4-6-11-20/h4-8,10-13,23H,9,14-19H2,1-3H3,(H4-,32,33,34,35,36,39,41,42,43,44)/p+1. The van der Waals surface area contributed by atoms with Crippen LogP contribution in [0.2, 0.25) is 0 Å². The molecule has 1 aromatic heterocycles. The summed E-state index contributed by atoms with van der Waals surface area (Å²) in [6.45, 7) is 4.26. The van der Waals surface area contributed by atoms with Gasteiger partial charge in [0, 0.05) is 13.0 Å². The Morgan fingerprint density at radius 3 is 2.40 bits per heavy atom. The first-order valence-electron chi connectivity index (χ1n) is 14.9. The summed E-state index contributed by atoms with van der Waals surface area (Å²) >= 11 is 0. The van der Waals surface area contributed by atoms with Gasteiger partial charge in [-0.2, -0.15) is 4.48 Å². The molecule has 5 amide bonds. The van der Waals surface area contributed by atoms with E-state index >= 15 is 0 Å². The minimum atomic E-state index is -1.38. The van der Waals surface area contributed by atoms with Crippen molar-refractivity contribution in [2.45, 2.75) is 52.0 Å². The largest absolute Gasteiger partial charge is 0.481 e. The normalized spacial score (nSPS) is 16.7. The number of carboxylic acid groups (broad SMARTS) is 1. The molecular weight excluding hydrogens is 614 g/mol. The second kappa shape index (κ2) is 14.7. The fraction of sp³-hybridized carbons (Fsp3) is 0.387. The number of carbonyl (C=O) groups is 6. The molecule has 1 saturated heterocycles. The van der Waals surface area contributed by atoms with Crippen LogP contribution in [0.25, 0.3) is 11.0 Å².